The molecule has 0 saturated carbocycles. The minimum atomic E-state index is -0.316. The van der Waals surface area contributed by atoms with Gasteiger partial charge < -0.3 is 14.5 Å². The molecule has 1 N–H and O–H groups in total. The Labute approximate surface area is 181 Å². The maximum absolute atomic E-state index is 14.0. The lowest BCUT2D eigenvalue weighted by Crippen LogP contribution is -2.13. The molecule has 0 aliphatic heterocycles. The van der Waals surface area contributed by atoms with Gasteiger partial charge in [-0.05, 0) is 50.2 Å². The number of hydrogen-bond acceptors (Lipinski definition) is 4. The molecule has 0 saturated heterocycles. The van der Waals surface area contributed by atoms with E-state index in [1.807, 2.05) is 50.1 Å². The third kappa shape index (κ3) is 4.32. The van der Waals surface area contributed by atoms with Crippen LogP contribution in [0.3, 0.4) is 0 Å². The number of nitrogens with zero attached hydrogens (tertiary/aromatic N) is 4. The van der Waals surface area contributed by atoms with Crippen molar-refractivity contribution < 1.29 is 9.13 Å². The number of rotatable bonds is 8. The molecule has 31 heavy (non-hydrogen) atoms. The highest BCUT2D eigenvalue weighted by molar-refractivity contribution is 5.71. The van der Waals surface area contributed by atoms with Crippen LogP contribution in [0.1, 0.15) is 29.6 Å². The van der Waals surface area contributed by atoms with Gasteiger partial charge in [0.05, 0.1) is 24.2 Å². The first-order valence-electron chi connectivity index (χ1n) is 10.6. The van der Waals surface area contributed by atoms with Crippen LogP contribution in [0.25, 0.3) is 16.8 Å². The number of nitrogens with one attached hydrogen (secondary N) is 1. The molecule has 6 nitrogen and oxygen atoms in total. The Morgan fingerprint density at radius 2 is 2.00 bits per heavy atom. The van der Waals surface area contributed by atoms with Crippen LogP contribution >= 0.6 is 0 Å². The summed E-state index contributed by atoms with van der Waals surface area (Å²) in [5, 5.41) is 7.79. The summed E-state index contributed by atoms with van der Waals surface area (Å²) in [6.45, 7) is 8.19. The van der Waals surface area contributed by atoms with E-state index in [0.717, 1.165) is 53.4 Å². The van der Waals surface area contributed by atoms with Crippen LogP contribution in [-0.2, 0) is 20.0 Å². The zero-order valence-electron chi connectivity index (χ0n) is 18.4. The fourth-order valence-electron chi connectivity index (χ4n) is 3.87. The van der Waals surface area contributed by atoms with Crippen molar-refractivity contribution in [2.24, 2.45) is 7.05 Å². The first kappa shape index (κ1) is 21.1. The Kier molecular flexibility index (Phi) is 6.04. The summed E-state index contributed by atoms with van der Waals surface area (Å²) in [4.78, 5) is 4.47. The highest BCUT2D eigenvalue weighted by Crippen LogP contribution is 2.31. The number of imidazole rings is 1. The van der Waals surface area contributed by atoms with Crippen molar-refractivity contribution >= 4 is 5.65 Å². The first-order valence-corrected chi connectivity index (χ1v) is 10.6. The highest BCUT2D eigenvalue weighted by Gasteiger charge is 2.13. The molecule has 1 aromatic carbocycles. The van der Waals surface area contributed by atoms with Gasteiger partial charge in [0.25, 0.3) is 0 Å². The molecule has 3 aromatic heterocycles. The number of aryl methyl sites for hydroxylation is 2. The molecule has 7 heteroatoms. The van der Waals surface area contributed by atoms with Gasteiger partial charge in [0, 0.05) is 49.1 Å². The molecule has 0 amide bonds. The lowest BCUT2D eigenvalue weighted by molar-refractivity contribution is 0.321. The van der Waals surface area contributed by atoms with Crippen molar-refractivity contribution in [2.75, 3.05) is 13.2 Å². The fourth-order valence-corrected chi connectivity index (χ4v) is 3.87. The molecule has 0 atom stereocenters. The molecule has 0 spiro atoms. The molecule has 0 aliphatic carbocycles. The molecular formula is C24H28FN5O. The topological polar surface area (TPSA) is 56.4 Å². The highest BCUT2D eigenvalue weighted by atomic mass is 19.1. The Morgan fingerprint density at radius 1 is 1.16 bits per heavy atom. The van der Waals surface area contributed by atoms with Crippen LogP contribution < -0.4 is 10.1 Å². The van der Waals surface area contributed by atoms with Crippen molar-refractivity contribution in [1.29, 1.82) is 0 Å². The maximum atomic E-state index is 14.0. The Morgan fingerprint density at radius 3 is 2.74 bits per heavy atom. The van der Waals surface area contributed by atoms with Gasteiger partial charge in [-0.2, -0.15) is 5.10 Å². The van der Waals surface area contributed by atoms with Gasteiger partial charge in [0.15, 0.2) is 0 Å². The van der Waals surface area contributed by atoms with Gasteiger partial charge in [-0.3, -0.25) is 4.68 Å². The summed E-state index contributed by atoms with van der Waals surface area (Å²) in [7, 11) is 1.94. The molecule has 0 fully saturated rings. The van der Waals surface area contributed by atoms with Gasteiger partial charge >= 0.3 is 0 Å². The fraction of sp³-hybridized carbons (Fsp3) is 0.333. The number of hydrogen-bond donors (Lipinski definition) is 1. The van der Waals surface area contributed by atoms with Crippen LogP contribution in [0.2, 0.25) is 0 Å². The van der Waals surface area contributed by atoms with Crippen molar-refractivity contribution in [3.05, 3.63) is 71.2 Å². The second kappa shape index (κ2) is 8.89. The van der Waals surface area contributed by atoms with Gasteiger partial charge in [0.1, 0.15) is 17.2 Å². The molecule has 0 bridgehead atoms. The van der Waals surface area contributed by atoms with Crippen molar-refractivity contribution in [3.8, 4) is 16.9 Å². The van der Waals surface area contributed by atoms with Crippen LogP contribution in [0, 0.1) is 19.7 Å². The minimum absolute atomic E-state index is 0.316. The summed E-state index contributed by atoms with van der Waals surface area (Å²) in [5.74, 6) is 0.218. The molecule has 3 heterocycles. The van der Waals surface area contributed by atoms with Gasteiger partial charge in [0.2, 0.25) is 0 Å². The number of benzene rings is 1. The van der Waals surface area contributed by atoms with E-state index < -0.39 is 0 Å². The molecule has 0 unspecified atom stereocenters. The summed E-state index contributed by atoms with van der Waals surface area (Å²) in [6, 6.07) is 8.66. The average Bonchev–Trinajstić information content (AvgIpc) is 3.27. The van der Waals surface area contributed by atoms with Crippen molar-refractivity contribution in [3.63, 3.8) is 0 Å². The standard InChI is InChI=1S/C24H28FN5O/c1-5-26-13-20-14-27-24-9-6-18(15-30(20)24)22-8-7-19(25)12-23(22)31-11-10-21-16(2)28-29(4)17(21)3/h6-9,12,14-15,26H,5,10-11,13H2,1-4H3. The number of aromatic nitrogens is 4. The van der Waals surface area contributed by atoms with E-state index in [1.54, 1.807) is 6.07 Å². The molecule has 4 rings (SSSR count). The summed E-state index contributed by atoms with van der Waals surface area (Å²) in [5.41, 5.74) is 7.06. The lowest BCUT2D eigenvalue weighted by atomic mass is 10.1. The summed E-state index contributed by atoms with van der Waals surface area (Å²) >= 11 is 0. The van der Waals surface area contributed by atoms with E-state index in [0.29, 0.717) is 12.4 Å². The maximum Gasteiger partial charge on any atom is 0.136 e. The predicted octanol–water partition coefficient (Wildman–Crippen LogP) is 4.22. The number of pyridine rings is 1. The summed E-state index contributed by atoms with van der Waals surface area (Å²) < 4.78 is 24.0. The monoisotopic (exact) mass is 421 g/mol. The third-order valence-electron chi connectivity index (χ3n) is 5.66. The Bertz CT molecular complexity index is 1210. The normalized spacial score (nSPS) is 11.4. The summed E-state index contributed by atoms with van der Waals surface area (Å²) in [6.07, 6.45) is 4.63. The average molecular weight is 422 g/mol. The molecule has 162 valence electrons. The van der Waals surface area contributed by atoms with Crippen LogP contribution in [0.4, 0.5) is 4.39 Å². The number of fused-ring (bicyclic) bond motifs is 1. The first-order chi connectivity index (χ1) is 15.0. The van der Waals surface area contributed by atoms with Crippen LogP contribution in [-0.4, -0.2) is 32.3 Å². The van der Waals surface area contributed by atoms with Gasteiger partial charge in [-0.15, -0.1) is 0 Å². The third-order valence-corrected chi connectivity index (χ3v) is 5.66. The van der Waals surface area contributed by atoms with Crippen molar-refractivity contribution in [2.45, 2.75) is 33.7 Å². The van der Waals surface area contributed by atoms with Gasteiger partial charge in [-0.25, -0.2) is 9.37 Å². The minimum Gasteiger partial charge on any atom is -0.492 e. The molecular weight excluding hydrogens is 393 g/mol. The van der Waals surface area contributed by atoms with E-state index in [2.05, 4.69) is 26.7 Å². The molecule has 0 radical (unpaired) electrons. The molecule has 4 aromatic rings. The van der Waals surface area contributed by atoms with E-state index in [1.165, 1.54) is 17.7 Å². The van der Waals surface area contributed by atoms with Gasteiger partial charge in [-0.1, -0.05) is 6.92 Å². The quantitative estimate of drug-likeness (QED) is 0.463. The van der Waals surface area contributed by atoms with Crippen LogP contribution in [0.15, 0.2) is 42.7 Å². The zero-order valence-corrected chi connectivity index (χ0v) is 18.4. The largest absolute Gasteiger partial charge is 0.492 e. The lowest BCUT2D eigenvalue weighted by Gasteiger charge is -2.13. The molecule has 0 aliphatic rings. The van der Waals surface area contributed by atoms with E-state index in [9.17, 15) is 4.39 Å². The van der Waals surface area contributed by atoms with Crippen molar-refractivity contribution in [1.82, 2.24) is 24.5 Å². The van der Waals surface area contributed by atoms with E-state index in [4.69, 9.17) is 4.74 Å². The number of halogens is 1. The zero-order chi connectivity index (χ0) is 22.0. The smallest absolute Gasteiger partial charge is 0.136 e. The Balaban J connectivity index is 1.60. The Hall–Kier alpha value is -3.19. The van der Waals surface area contributed by atoms with E-state index in [-0.39, 0.29) is 5.82 Å². The predicted molar refractivity (Wildman–Crippen MR) is 120 cm³/mol. The van der Waals surface area contributed by atoms with Crippen LogP contribution in [0.5, 0.6) is 5.75 Å². The second-order valence-corrected chi connectivity index (χ2v) is 7.69. The number of ether oxygens (including phenoxy) is 1. The SMILES string of the molecule is CCNCc1cnc2ccc(-c3ccc(F)cc3OCCc3c(C)nn(C)c3C)cn12. The second-order valence-electron chi connectivity index (χ2n) is 7.69. The van der Waals surface area contributed by atoms with E-state index >= 15 is 0 Å².